The predicted molar refractivity (Wildman–Crippen MR) is 120 cm³/mol. The molecule has 8 nitrogen and oxygen atoms in total. The highest BCUT2D eigenvalue weighted by Crippen LogP contribution is 2.49. The van der Waals surface area contributed by atoms with Crippen LogP contribution in [0.15, 0.2) is 54.7 Å². The molecule has 3 N–H and O–H groups in total. The first-order chi connectivity index (χ1) is 16.3. The van der Waals surface area contributed by atoms with E-state index in [1.54, 1.807) is 6.07 Å². The Bertz CT molecular complexity index is 1430. The molecule has 1 fully saturated rings. The molecule has 5 rings (SSSR count). The number of nitrogens with zero attached hydrogens (tertiary/aromatic N) is 3. The van der Waals surface area contributed by atoms with Crippen LogP contribution < -0.4 is 15.4 Å². The van der Waals surface area contributed by atoms with Crippen LogP contribution in [-0.2, 0) is 9.59 Å². The van der Waals surface area contributed by atoms with Gasteiger partial charge >= 0.3 is 0 Å². The lowest BCUT2D eigenvalue weighted by Crippen LogP contribution is -2.41. The Morgan fingerprint density at radius 2 is 1.85 bits per heavy atom. The molecular formula is C24H19F2N5O3. The number of nitrogens with two attached hydrogens (primary N) is 1. The second kappa shape index (κ2) is 7.91. The van der Waals surface area contributed by atoms with Gasteiger partial charge in [0, 0.05) is 23.6 Å². The summed E-state index contributed by atoms with van der Waals surface area (Å²) in [5.41, 5.74) is 5.36. The number of aromatic amines is 1. The van der Waals surface area contributed by atoms with Crippen molar-refractivity contribution in [3.8, 4) is 11.5 Å². The molecule has 2 aromatic heterocycles. The van der Waals surface area contributed by atoms with Crippen LogP contribution in [0.4, 0.5) is 20.2 Å². The van der Waals surface area contributed by atoms with Gasteiger partial charge in [-0.25, -0.2) is 13.8 Å². The number of fused-ring (bicyclic) bond motifs is 1. The number of aromatic nitrogens is 3. The maximum atomic E-state index is 15.4. The van der Waals surface area contributed by atoms with Gasteiger partial charge in [-0.15, -0.1) is 0 Å². The van der Waals surface area contributed by atoms with E-state index in [1.165, 1.54) is 30.5 Å². The van der Waals surface area contributed by atoms with Gasteiger partial charge < -0.3 is 10.5 Å². The lowest BCUT2D eigenvalue weighted by atomic mass is 10.0. The summed E-state index contributed by atoms with van der Waals surface area (Å²) in [6.07, 6.45) is 2.06. The minimum absolute atomic E-state index is 0.115. The molecule has 172 valence electrons. The fourth-order valence-corrected chi connectivity index (χ4v) is 3.87. The van der Waals surface area contributed by atoms with E-state index in [4.69, 9.17) is 10.5 Å². The first-order valence-electron chi connectivity index (χ1n) is 10.5. The van der Waals surface area contributed by atoms with Gasteiger partial charge in [0.05, 0.1) is 11.1 Å². The lowest BCUT2D eigenvalue weighted by Gasteiger charge is -2.27. The second-order valence-electron chi connectivity index (χ2n) is 8.13. The standard InChI is InChI=1S/C24H19F2N5O3/c1-13-20-19(8-11-28-21(20)30-29-13)34-16-6-7-18(17(26)12-16)31(15-4-2-14(25)3-5-15)23(33)24(9-10-24)22(27)32/h2-8,11-12H,9-10H2,1H3,(H2,27,32)(H,28,29,30). The van der Waals surface area contributed by atoms with Crippen LogP contribution in [0.3, 0.4) is 0 Å². The molecular weight excluding hydrogens is 444 g/mol. The first kappa shape index (κ1) is 21.5. The van der Waals surface area contributed by atoms with Crippen molar-refractivity contribution in [1.29, 1.82) is 0 Å². The second-order valence-corrected chi connectivity index (χ2v) is 8.13. The van der Waals surface area contributed by atoms with Crippen molar-refractivity contribution in [3.63, 3.8) is 0 Å². The highest BCUT2D eigenvalue weighted by atomic mass is 19.1. The van der Waals surface area contributed by atoms with Crippen LogP contribution in [0, 0.1) is 24.0 Å². The van der Waals surface area contributed by atoms with Crippen LogP contribution >= 0.6 is 0 Å². The molecule has 34 heavy (non-hydrogen) atoms. The summed E-state index contributed by atoms with van der Waals surface area (Å²) in [5.74, 6) is -2.12. The molecule has 2 heterocycles. The Labute approximate surface area is 192 Å². The Kier molecular flexibility index (Phi) is 5.00. The SMILES string of the molecule is Cc1[nH]nc2nccc(Oc3ccc(N(C(=O)C4(C(N)=O)CC4)c4ccc(F)cc4)c(F)c3)c12. The number of carbonyl (C=O) groups is 2. The van der Waals surface area contributed by atoms with Gasteiger partial charge in [0.1, 0.15) is 22.7 Å². The predicted octanol–water partition coefficient (Wildman–Crippen LogP) is 4.27. The molecule has 1 saturated carbocycles. The zero-order valence-corrected chi connectivity index (χ0v) is 18.0. The maximum Gasteiger partial charge on any atom is 0.247 e. The van der Waals surface area contributed by atoms with Crippen LogP contribution in [0.1, 0.15) is 18.5 Å². The van der Waals surface area contributed by atoms with Gasteiger partial charge in [0.25, 0.3) is 0 Å². The first-order valence-corrected chi connectivity index (χ1v) is 10.5. The molecule has 0 unspecified atom stereocenters. The van der Waals surface area contributed by atoms with E-state index in [1.807, 2.05) is 6.92 Å². The number of aryl methyl sites for hydroxylation is 1. The van der Waals surface area contributed by atoms with Gasteiger partial charge in [0.15, 0.2) is 11.5 Å². The molecule has 0 saturated heterocycles. The Hall–Kier alpha value is -4.34. The summed E-state index contributed by atoms with van der Waals surface area (Å²) in [5, 5.41) is 7.57. The van der Waals surface area contributed by atoms with E-state index in [0.717, 1.165) is 28.8 Å². The molecule has 10 heteroatoms. The summed E-state index contributed by atoms with van der Waals surface area (Å²) < 4.78 is 34.8. The van der Waals surface area contributed by atoms with E-state index < -0.39 is 28.9 Å². The van der Waals surface area contributed by atoms with Gasteiger partial charge in [-0.1, -0.05) is 0 Å². The van der Waals surface area contributed by atoms with Gasteiger partial charge in [-0.05, 0) is 62.2 Å². The molecule has 4 aromatic rings. The number of amides is 2. The zero-order chi connectivity index (χ0) is 24.0. The van der Waals surface area contributed by atoms with E-state index in [9.17, 15) is 14.0 Å². The van der Waals surface area contributed by atoms with Crippen molar-refractivity contribution in [1.82, 2.24) is 15.2 Å². The van der Waals surface area contributed by atoms with E-state index in [0.29, 0.717) is 16.8 Å². The Morgan fingerprint density at radius 3 is 2.50 bits per heavy atom. The van der Waals surface area contributed by atoms with Crippen molar-refractivity contribution in [2.24, 2.45) is 11.1 Å². The molecule has 2 amide bonds. The largest absolute Gasteiger partial charge is 0.456 e. The van der Waals surface area contributed by atoms with Gasteiger partial charge in [-0.2, -0.15) is 5.10 Å². The number of benzene rings is 2. The number of anilines is 2. The molecule has 0 radical (unpaired) electrons. The van der Waals surface area contributed by atoms with Gasteiger partial charge in [-0.3, -0.25) is 19.6 Å². The lowest BCUT2D eigenvalue weighted by molar-refractivity contribution is -0.133. The third-order valence-corrected chi connectivity index (χ3v) is 5.90. The molecule has 0 atom stereocenters. The quantitative estimate of drug-likeness (QED) is 0.415. The maximum absolute atomic E-state index is 15.4. The summed E-state index contributed by atoms with van der Waals surface area (Å²) >= 11 is 0. The van der Waals surface area contributed by atoms with Crippen LogP contribution in [-0.4, -0.2) is 27.0 Å². The number of H-pyrrole nitrogens is 1. The number of carbonyl (C=O) groups excluding carboxylic acids is 2. The van der Waals surface area contributed by atoms with Crippen LogP contribution in [0.25, 0.3) is 11.0 Å². The number of primary amides is 1. The minimum Gasteiger partial charge on any atom is -0.456 e. The number of ether oxygens (including phenoxy) is 1. The molecule has 2 aromatic carbocycles. The normalized spacial score (nSPS) is 14.1. The third kappa shape index (κ3) is 3.53. The highest BCUT2D eigenvalue weighted by Gasteiger charge is 2.57. The third-order valence-electron chi connectivity index (χ3n) is 5.90. The number of nitrogens with one attached hydrogen (secondary N) is 1. The number of halogens is 2. The van der Waals surface area contributed by atoms with Crippen molar-refractivity contribution in [2.75, 3.05) is 4.90 Å². The molecule has 0 aliphatic heterocycles. The summed E-state index contributed by atoms with van der Waals surface area (Å²) in [6.45, 7) is 1.81. The highest BCUT2D eigenvalue weighted by molar-refractivity contribution is 6.16. The molecule has 0 bridgehead atoms. The summed E-state index contributed by atoms with van der Waals surface area (Å²) in [4.78, 5) is 30.6. The monoisotopic (exact) mass is 463 g/mol. The molecule has 1 aliphatic carbocycles. The number of pyridine rings is 1. The topological polar surface area (TPSA) is 114 Å². The number of hydrogen-bond donors (Lipinski definition) is 2. The smallest absolute Gasteiger partial charge is 0.247 e. The average Bonchev–Trinajstić information content (AvgIpc) is 3.55. The summed E-state index contributed by atoms with van der Waals surface area (Å²) in [7, 11) is 0. The minimum atomic E-state index is -1.41. The average molecular weight is 463 g/mol. The van der Waals surface area contributed by atoms with Crippen molar-refractivity contribution in [2.45, 2.75) is 19.8 Å². The molecule has 1 aliphatic rings. The van der Waals surface area contributed by atoms with Crippen LogP contribution in [0.2, 0.25) is 0 Å². The van der Waals surface area contributed by atoms with E-state index >= 15 is 4.39 Å². The van der Waals surface area contributed by atoms with Crippen molar-refractivity contribution < 1.29 is 23.1 Å². The van der Waals surface area contributed by atoms with Crippen molar-refractivity contribution in [3.05, 3.63) is 72.1 Å². The Balaban J connectivity index is 1.53. The Morgan fingerprint density at radius 1 is 1.12 bits per heavy atom. The molecule has 0 spiro atoms. The number of rotatable bonds is 6. The zero-order valence-electron chi connectivity index (χ0n) is 18.0. The summed E-state index contributed by atoms with van der Waals surface area (Å²) in [6, 6.07) is 10.6. The fourth-order valence-electron chi connectivity index (χ4n) is 3.87. The van der Waals surface area contributed by atoms with Gasteiger partial charge in [0.2, 0.25) is 11.8 Å². The fraction of sp³-hybridized carbons (Fsp3) is 0.167. The van der Waals surface area contributed by atoms with E-state index in [2.05, 4.69) is 15.2 Å². The van der Waals surface area contributed by atoms with E-state index in [-0.39, 0.29) is 30.0 Å². The van der Waals surface area contributed by atoms with Crippen LogP contribution in [0.5, 0.6) is 11.5 Å². The van der Waals surface area contributed by atoms with Crippen molar-refractivity contribution >= 4 is 34.2 Å². The number of hydrogen-bond acceptors (Lipinski definition) is 5.